The van der Waals surface area contributed by atoms with Crippen LogP contribution < -0.4 is 20.7 Å². The van der Waals surface area contributed by atoms with Crippen molar-refractivity contribution in [3.63, 3.8) is 0 Å². The molecule has 6 aromatic rings. The second-order valence-electron chi connectivity index (χ2n) is 10.0. The van der Waals surface area contributed by atoms with Gasteiger partial charge in [0.2, 0.25) is 0 Å². The molecule has 3 heteroatoms. The van der Waals surface area contributed by atoms with E-state index in [0.29, 0.717) is 11.1 Å². The van der Waals surface area contributed by atoms with Gasteiger partial charge in [0.1, 0.15) is 0 Å². The lowest BCUT2D eigenvalue weighted by atomic mass is 10.0. The molecule has 6 rings (SSSR count). The first-order valence-corrected chi connectivity index (χ1v) is 15.6. The Hall–Kier alpha value is -5.48. The molecule has 0 atom stereocenters. The number of rotatable bonds is 6. The monoisotopic (exact) mass is 538 g/mol. The summed E-state index contributed by atoms with van der Waals surface area (Å²) >= 11 is 0. The third-order valence-electron chi connectivity index (χ3n) is 7.74. The maximum absolute atomic E-state index is 9.20. The van der Waals surface area contributed by atoms with Gasteiger partial charge in [0.05, 0.1) is 23.3 Å². The molecular weight excluding hydrogens is 513 g/mol. The normalized spacial score (nSPS) is 10.9. The fourth-order valence-electron chi connectivity index (χ4n) is 5.68. The molecule has 192 valence electrons. The Balaban J connectivity index is 1.52. The Morgan fingerprint density at radius 3 is 0.878 bits per heavy atom. The van der Waals surface area contributed by atoms with Gasteiger partial charge in [-0.25, -0.2) is 0 Å². The Labute approximate surface area is 242 Å². The van der Waals surface area contributed by atoms with Crippen LogP contribution in [0, 0.1) is 22.7 Å². The molecule has 0 fully saturated rings. The summed E-state index contributed by atoms with van der Waals surface area (Å²) in [6.45, 7) is 0. The second kappa shape index (κ2) is 11.3. The van der Waals surface area contributed by atoms with E-state index in [1.165, 1.54) is 20.7 Å². The molecule has 0 amide bonds. The van der Waals surface area contributed by atoms with Crippen LogP contribution in [0.5, 0.6) is 0 Å². The van der Waals surface area contributed by atoms with Gasteiger partial charge in [0.25, 0.3) is 0 Å². The maximum Gasteiger partial charge on any atom is 0.179 e. The third-order valence-corrected chi connectivity index (χ3v) is 12.5. The standard InChI is InChI=1S/C38H26N2Si/c39-27-29-11-15-31(16-12-29)33-19-23-37(24-20-33)41(35-7-3-1-4-8-35,36-9-5-2-6-10-36)38-25-21-34(22-26-38)32-17-13-30(28-40)14-18-32/h1-26H. The van der Waals surface area contributed by atoms with E-state index in [0.717, 1.165) is 22.3 Å². The molecule has 0 N–H and O–H groups in total. The van der Waals surface area contributed by atoms with Crippen LogP contribution in [0.4, 0.5) is 0 Å². The Bertz CT molecular complexity index is 1700. The van der Waals surface area contributed by atoms with Crippen LogP contribution in [0.1, 0.15) is 11.1 Å². The van der Waals surface area contributed by atoms with Crippen molar-refractivity contribution in [3.05, 3.63) is 169 Å². The zero-order chi connectivity index (χ0) is 28.1. The molecule has 6 aromatic carbocycles. The molecule has 0 saturated carbocycles. The first kappa shape index (κ1) is 25.8. The number of nitrogens with zero attached hydrogens (tertiary/aromatic N) is 2. The van der Waals surface area contributed by atoms with E-state index in [9.17, 15) is 10.5 Å². The fourth-order valence-corrected chi connectivity index (χ4v) is 10.4. The highest BCUT2D eigenvalue weighted by Gasteiger charge is 2.41. The molecule has 0 aliphatic carbocycles. The summed E-state index contributed by atoms with van der Waals surface area (Å²) in [6.07, 6.45) is 0. The summed E-state index contributed by atoms with van der Waals surface area (Å²) in [4.78, 5) is 0. The largest absolute Gasteiger partial charge is 0.192 e. The van der Waals surface area contributed by atoms with E-state index in [-0.39, 0.29) is 0 Å². The van der Waals surface area contributed by atoms with E-state index >= 15 is 0 Å². The van der Waals surface area contributed by atoms with Crippen LogP contribution in [0.25, 0.3) is 22.3 Å². The van der Waals surface area contributed by atoms with Gasteiger partial charge in [-0.1, -0.05) is 133 Å². The summed E-state index contributed by atoms with van der Waals surface area (Å²) in [7, 11) is -2.66. The van der Waals surface area contributed by atoms with Gasteiger partial charge < -0.3 is 0 Å². The molecule has 0 radical (unpaired) electrons. The summed E-state index contributed by atoms with van der Waals surface area (Å²) in [5, 5.41) is 23.6. The van der Waals surface area contributed by atoms with Gasteiger partial charge >= 0.3 is 0 Å². The number of hydrogen-bond acceptors (Lipinski definition) is 2. The van der Waals surface area contributed by atoms with Gasteiger partial charge in [-0.2, -0.15) is 10.5 Å². The lowest BCUT2D eigenvalue weighted by Gasteiger charge is -2.34. The molecule has 0 unspecified atom stereocenters. The van der Waals surface area contributed by atoms with Crippen molar-refractivity contribution in [1.29, 1.82) is 10.5 Å². The minimum Gasteiger partial charge on any atom is -0.192 e. The highest BCUT2D eigenvalue weighted by atomic mass is 28.3. The average molecular weight is 539 g/mol. The summed E-state index contributed by atoms with van der Waals surface area (Å²) < 4.78 is 0. The molecule has 0 heterocycles. The first-order chi connectivity index (χ1) is 20.2. The van der Waals surface area contributed by atoms with Crippen molar-refractivity contribution < 1.29 is 0 Å². The fraction of sp³-hybridized carbons (Fsp3) is 0. The van der Waals surface area contributed by atoms with E-state index in [4.69, 9.17) is 0 Å². The highest BCUT2D eigenvalue weighted by molar-refractivity contribution is 7.19. The summed E-state index contributed by atoms with van der Waals surface area (Å²) in [6, 6.07) is 59.6. The highest BCUT2D eigenvalue weighted by Crippen LogP contribution is 2.22. The average Bonchev–Trinajstić information content (AvgIpc) is 3.07. The quantitative estimate of drug-likeness (QED) is 0.189. The minimum atomic E-state index is -2.66. The third kappa shape index (κ3) is 4.88. The molecule has 0 saturated heterocycles. The van der Waals surface area contributed by atoms with Crippen molar-refractivity contribution in [2.75, 3.05) is 0 Å². The lowest BCUT2D eigenvalue weighted by Crippen LogP contribution is -2.74. The van der Waals surface area contributed by atoms with Crippen LogP contribution in [-0.4, -0.2) is 8.07 Å². The van der Waals surface area contributed by atoms with Gasteiger partial charge in [-0.05, 0) is 67.3 Å². The molecule has 2 nitrogen and oxygen atoms in total. The van der Waals surface area contributed by atoms with E-state index in [1.807, 2.05) is 48.5 Å². The number of benzene rings is 6. The molecule has 0 aromatic heterocycles. The molecule has 0 aliphatic rings. The molecule has 0 bridgehead atoms. The Kier molecular flexibility index (Phi) is 7.12. The number of nitriles is 2. The lowest BCUT2D eigenvalue weighted by molar-refractivity contribution is 1.48. The van der Waals surface area contributed by atoms with Gasteiger partial charge in [0.15, 0.2) is 8.07 Å². The van der Waals surface area contributed by atoms with Crippen LogP contribution in [0.15, 0.2) is 158 Å². The van der Waals surface area contributed by atoms with Crippen LogP contribution >= 0.6 is 0 Å². The minimum absolute atomic E-state index is 0.661. The van der Waals surface area contributed by atoms with Crippen molar-refractivity contribution in [2.45, 2.75) is 0 Å². The second-order valence-corrected chi connectivity index (χ2v) is 13.8. The Morgan fingerprint density at radius 2 is 0.585 bits per heavy atom. The van der Waals surface area contributed by atoms with E-state index in [1.54, 1.807) is 0 Å². The van der Waals surface area contributed by atoms with E-state index < -0.39 is 8.07 Å². The van der Waals surface area contributed by atoms with Crippen LogP contribution in [-0.2, 0) is 0 Å². The summed E-state index contributed by atoms with van der Waals surface area (Å²) in [5.41, 5.74) is 5.75. The smallest absolute Gasteiger partial charge is 0.179 e. The zero-order valence-electron chi connectivity index (χ0n) is 22.4. The maximum atomic E-state index is 9.20. The molecular formula is C38H26N2Si. The van der Waals surface area contributed by atoms with Crippen molar-refractivity contribution in [3.8, 4) is 34.4 Å². The molecule has 0 aliphatic heterocycles. The zero-order valence-corrected chi connectivity index (χ0v) is 23.4. The predicted octanol–water partition coefficient (Wildman–Crippen LogP) is 6.14. The van der Waals surface area contributed by atoms with Crippen molar-refractivity contribution in [2.24, 2.45) is 0 Å². The van der Waals surface area contributed by atoms with Gasteiger partial charge in [-0.3, -0.25) is 0 Å². The Morgan fingerprint density at radius 1 is 0.317 bits per heavy atom. The van der Waals surface area contributed by atoms with Gasteiger partial charge in [-0.15, -0.1) is 0 Å². The first-order valence-electron chi connectivity index (χ1n) is 13.6. The van der Waals surface area contributed by atoms with Crippen LogP contribution in [0.2, 0.25) is 0 Å². The van der Waals surface area contributed by atoms with E-state index in [2.05, 4.69) is 121 Å². The van der Waals surface area contributed by atoms with Gasteiger partial charge in [0, 0.05) is 0 Å². The van der Waals surface area contributed by atoms with Crippen LogP contribution in [0.3, 0.4) is 0 Å². The number of hydrogen-bond donors (Lipinski definition) is 0. The van der Waals surface area contributed by atoms with Crippen molar-refractivity contribution >= 4 is 28.8 Å². The SMILES string of the molecule is N#Cc1ccc(-c2ccc([Si](c3ccccc3)(c3ccccc3)c3ccc(-c4ccc(C#N)cc4)cc3)cc2)cc1. The predicted molar refractivity (Wildman–Crippen MR) is 170 cm³/mol. The molecule has 41 heavy (non-hydrogen) atoms. The summed E-state index contributed by atoms with van der Waals surface area (Å²) in [5.74, 6) is 0. The van der Waals surface area contributed by atoms with Crippen molar-refractivity contribution in [1.82, 2.24) is 0 Å². The molecule has 0 spiro atoms. The topological polar surface area (TPSA) is 47.6 Å².